The van der Waals surface area contributed by atoms with Crippen molar-refractivity contribution in [3.8, 4) is 11.6 Å². The molecule has 0 fully saturated rings. The summed E-state index contributed by atoms with van der Waals surface area (Å²) >= 11 is 5.86. The third-order valence-electron chi connectivity index (χ3n) is 2.78. The maximum absolute atomic E-state index is 10.8. The van der Waals surface area contributed by atoms with Gasteiger partial charge < -0.3 is 4.74 Å². The maximum atomic E-state index is 10.8. The Bertz CT molecular complexity index is 839. The molecule has 7 heteroatoms. The van der Waals surface area contributed by atoms with Crippen LogP contribution in [0, 0.1) is 10.1 Å². The summed E-state index contributed by atoms with van der Waals surface area (Å²) in [6.45, 7) is 0. The van der Waals surface area contributed by atoms with Gasteiger partial charge in [0.25, 0.3) is 5.69 Å². The van der Waals surface area contributed by atoms with Crippen molar-refractivity contribution in [2.75, 3.05) is 0 Å². The van der Waals surface area contributed by atoms with Crippen molar-refractivity contribution < 1.29 is 9.66 Å². The number of hydrogen-bond acceptors (Lipinski definition) is 5. The largest absolute Gasteiger partial charge is 0.438 e. The van der Waals surface area contributed by atoms with Gasteiger partial charge in [-0.3, -0.25) is 10.1 Å². The second kappa shape index (κ2) is 5.34. The lowest BCUT2D eigenvalue weighted by Crippen LogP contribution is -1.94. The van der Waals surface area contributed by atoms with E-state index in [9.17, 15) is 10.1 Å². The Hall–Kier alpha value is -2.73. The summed E-state index contributed by atoms with van der Waals surface area (Å²) in [7, 11) is 0. The first-order valence-corrected chi connectivity index (χ1v) is 6.36. The number of aromatic nitrogens is 2. The summed E-state index contributed by atoms with van der Waals surface area (Å²) in [6, 6.07) is 13.1. The number of benzene rings is 2. The molecule has 0 atom stereocenters. The molecule has 0 aliphatic heterocycles. The molecule has 1 heterocycles. The van der Waals surface area contributed by atoms with E-state index >= 15 is 0 Å². The van der Waals surface area contributed by atoms with Gasteiger partial charge in [0.2, 0.25) is 11.2 Å². The molecule has 0 aliphatic rings. The quantitative estimate of drug-likeness (QED) is 0.415. The molecule has 0 spiro atoms. The van der Waals surface area contributed by atoms with Crippen molar-refractivity contribution >= 4 is 28.2 Å². The molecule has 0 amide bonds. The standard InChI is InChI=1S/C14H8ClN3O3/c15-14-16-12-7-2-1-6-11(12)13(17-14)21-10-5-3-4-9(8-10)18(19)20/h1-8H. The zero-order valence-electron chi connectivity index (χ0n) is 10.6. The fraction of sp³-hybridized carbons (Fsp3) is 0. The van der Waals surface area contributed by atoms with Gasteiger partial charge in [0.15, 0.2) is 0 Å². The molecule has 21 heavy (non-hydrogen) atoms. The number of ether oxygens (including phenoxy) is 1. The van der Waals surface area contributed by atoms with E-state index in [4.69, 9.17) is 16.3 Å². The number of rotatable bonds is 3. The fourth-order valence-electron chi connectivity index (χ4n) is 1.87. The van der Waals surface area contributed by atoms with E-state index in [0.29, 0.717) is 16.7 Å². The number of nitro groups is 1. The Morgan fingerprint density at radius 2 is 1.90 bits per heavy atom. The molecule has 3 aromatic rings. The monoisotopic (exact) mass is 301 g/mol. The van der Waals surface area contributed by atoms with E-state index in [1.54, 1.807) is 24.3 Å². The maximum Gasteiger partial charge on any atom is 0.273 e. The lowest BCUT2D eigenvalue weighted by atomic mass is 10.2. The van der Waals surface area contributed by atoms with Crippen LogP contribution in [0.15, 0.2) is 48.5 Å². The number of hydrogen-bond donors (Lipinski definition) is 0. The van der Waals surface area contributed by atoms with Gasteiger partial charge in [-0.2, -0.15) is 4.98 Å². The average Bonchev–Trinajstić information content (AvgIpc) is 2.47. The zero-order chi connectivity index (χ0) is 14.8. The highest BCUT2D eigenvalue weighted by Crippen LogP contribution is 2.29. The lowest BCUT2D eigenvalue weighted by molar-refractivity contribution is -0.384. The molecule has 1 aromatic heterocycles. The first-order chi connectivity index (χ1) is 10.1. The number of fused-ring (bicyclic) bond motifs is 1. The van der Waals surface area contributed by atoms with Gasteiger partial charge in [-0.05, 0) is 29.8 Å². The van der Waals surface area contributed by atoms with Crippen LogP contribution in [-0.4, -0.2) is 14.9 Å². The van der Waals surface area contributed by atoms with Crippen LogP contribution in [0.3, 0.4) is 0 Å². The highest BCUT2D eigenvalue weighted by Gasteiger charge is 2.11. The molecule has 0 saturated carbocycles. The van der Waals surface area contributed by atoms with Gasteiger partial charge in [0.05, 0.1) is 21.9 Å². The lowest BCUT2D eigenvalue weighted by Gasteiger charge is -2.07. The van der Waals surface area contributed by atoms with Crippen LogP contribution in [-0.2, 0) is 0 Å². The molecule has 0 radical (unpaired) electrons. The van der Waals surface area contributed by atoms with Crippen molar-refractivity contribution in [2.45, 2.75) is 0 Å². The Morgan fingerprint density at radius 1 is 1.10 bits per heavy atom. The Labute approximate surface area is 124 Å². The normalized spacial score (nSPS) is 10.5. The molecular weight excluding hydrogens is 294 g/mol. The SMILES string of the molecule is O=[N+]([O-])c1cccc(Oc2nc(Cl)nc3ccccc23)c1. The van der Waals surface area contributed by atoms with Crippen LogP contribution in [0.25, 0.3) is 10.9 Å². The summed E-state index contributed by atoms with van der Waals surface area (Å²) in [5.74, 6) is 0.565. The summed E-state index contributed by atoms with van der Waals surface area (Å²) in [5.41, 5.74) is 0.579. The molecule has 0 N–H and O–H groups in total. The van der Waals surface area contributed by atoms with Crippen molar-refractivity contribution in [1.29, 1.82) is 0 Å². The fourth-order valence-corrected chi connectivity index (χ4v) is 2.04. The van der Waals surface area contributed by atoms with Gasteiger partial charge in [0.1, 0.15) is 5.75 Å². The predicted octanol–water partition coefficient (Wildman–Crippen LogP) is 3.98. The van der Waals surface area contributed by atoms with E-state index in [2.05, 4.69) is 9.97 Å². The first kappa shape index (κ1) is 13.3. The minimum Gasteiger partial charge on any atom is -0.438 e. The first-order valence-electron chi connectivity index (χ1n) is 5.98. The summed E-state index contributed by atoms with van der Waals surface area (Å²) in [6.07, 6.45) is 0. The predicted molar refractivity (Wildman–Crippen MR) is 77.7 cm³/mol. The molecule has 0 bridgehead atoms. The van der Waals surface area contributed by atoms with Crippen molar-refractivity contribution in [2.24, 2.45) is 0 Å². The van der Waals surface area contributed by atoms with E-state index in [0.717, 1.165) is 0 Å². The van der Waals surface area contributed by atoms with Crippen LogP contribution >= 0.6 is 11.6 Å². The number of para-hydroxylation sites is 1. The van der Waals surface area contributed by atoms with Crippen molar-refractivity contribution in [1.82, 2.24) is 9.97 Å². The van der Waals surface area contributed by atoms with Crippen molar-refractivity contribution in [3.63, 3.8) is 0 Å². The third kappa shape index (κ3) is 2.75. The molecule has 0 aliphatic carbocycles. The van der Waals surface area contributed by atoms with E-state index < -0.39 is 4.92 Å². The minimum absolute atomic E-state index is 0.0501. The summed E-state index contributed by atoms with van der Waals surface area (Å²) in [5, 5.41) is 11.5. The summed E-state index contributed by atoms with van der Waals surface area (Å²) < 4.78 is 5.62. The molecular formula is C14H8ClN3O3. The second-order valence-corrected chi connectivity index (χ2v) is 4.51. The third-order valence-corrected chi connectivity index (χ3v) is 2.95. The molecule has 0 saturated heterocycles. The van der Waals surface area contributed by atoms with E-state index in [1.165, 1.54) is 12.1 Å². The number of nitro benzene ring substituents is 1. The van der Waals surface area contributed by atoms with Gasteiger partial charge in [-0.25, -0.2) is 4.98 Å². The van der Waals surface area contributed by atoms with Crippen LogP contribution < -0.4 is 4.74 Å². The van der Waals surface area contributed by atoms with Crippen LogP contribution in [0.1, 0.15) is 0 Å². The Balaban J connectivity index is 2.05. The van der Waals surface area contributed by atoms with E-state index in [-0.39, 0.29) is 16.9 Å². The molecule has 104 valence electrons. The highest BCUT2D eigenvalue weighted by molar-refractivity contribution is 6.28. The van der Waals surface area contributed by atoms with Gasteiger partial charge in [-0.1, -0.05) is 18.2 Å². The highest BCUT2D eigenvalue weighted by atomic mass is 35.5. The molecule has 2 aromatic carbocycles. The average molecular weight is 302 g/mol. The molecule has 0 unspecified atom stereocenters. The topological polar surface area (TPSA) is 78.2 Å². The Morgan fingerprint density at radius 3 is 2.71 bits per heavy atom. The number of halogens is 1. The van der Waals surface area contributed by atoms with Gasteiger partial charge in [-0.15, -0.1) is 0 Å². The number of nitrogens with zero attached hydrogens (tertiary/aromatic N) is 3. The van der Waals surface area contributed by atoms with E-state index in [1.807, 2.05) is 12.1 Å². The smallest absolute Gasteiger partial charge is 0.273 e. The molecule has 6 nitrogen and oxygen atoms in total. The van der Waals surface area contributed by atoms with Crippen LogP contribution in [0.4, 0.5) is 5.69 Å². The van der Waals surface area contributed by atoms with Gasteiger partial charge >= 0.3 is 0 Å². The number of non-ortho nitro benzene ring substituents is 1. The zero-order valence-corrected chi connectivity index (χ0v) is 11.3. The van der Waals surface area contributed by atoms with Gasteiger partial charge in [0, 0.05) is 6.07 Å². The Kier molecular flexibility index (Phi) is 3.37. The minimum atomic E-state index is -0.488. The van der Waals surface area contributed by atoms with Crippen LogP contribution in [0.2, 0.25) is 5.28 Å². The summed E-state index contributed by atoms with van der Waals surface area (Å²) in [4.78, 5) is 18.4. The second-order valence-electron chi connectivity index (χ2n) is 4.17. The van der Waals surface area contributed by atoms with Crippen LogP contribution in [0.5, 0.6) is 11.6 Å². The molecule has 3 rings (SSSR count). The van der Waals surface area contributed by atoms with Crippen molar-refractivity contribution in [3.05, 3.63) is 63.9 Å².